The van der Waals surface area contributed by atoms with Gasteiger partial charge in [0, 0.05) is 11.6 Å². The smallest absolute Gasteiger partial charge is 0.0441 e. The van der Waals surface area contributed by atoms with E-state index in [2.05, 4.69) is 32.0 Å². The highest BCUT2D eigenvalue weighted by atomic mass is 15.2. The molecule has 1 fully saturated rings. The van der Waals surface area contributed by atoms with E-state index in [9.17, 15) is 0 Å². The molecule has 104 valence electrons. The van der Waals surface area contributed by atoms with Gasteiger partial charge in [-0.3, -0.25) is 0 Å². The van der Waals surface area contributed by atoms with Gasteiger partial charge in [-0.2, -0.15) is 0 Å². The molecular weight excluding hydrogens is 220 g/mol. The van der Waals surface area contributed by atoms with Crippen molar-refractivity contribution in [1.29, 1.82) is 0 Å². The maximum Gasteiger partial charge on any atom is 0.0441 e. The van der Waals surface area contributed by atoms with Crippen molar-refractivity contribution >= 4 is 0 Å². The van der Waals surface area contributed by atoms with Gasteiger partial charge in [0.05, 0.1) is 0 Å². The van der Waals surface area contributed by atoms with E-state index in [4.69, 9.17) is 5.73 Å². The molecule has 1 saturated carbocycles. The number of rotatable bonds is 3. The Morgan fingerprint density at radius 2 is 1.94 bits per heavy atom. The zero-order valence-electron chi connectivity index (χ0n) is 12.4. The maximum atomic E-state index is 6.69. The van der Waals surface area contributed by atoms with Gasteiger partial charge in [-0.05, 0) is 71.4 Å². The summed E-state index contributed by atoms with van der Waals surface area (Å²) in [6.45, 7) is 2.38. The monoisotopic (exact) mass is 250 g/mol. The Bertz CT molecular complexity index is 298. The lowest BCUT2D eigenvalue weighted by atomic mass is 9.69. The summed E-state index contributed by atoms with van der Waals surface area (Å²) in [4.78, 5) is 2.42. The minimum Gasteiger partial charge on any atom is -0.323 e. The molecule has 1 unspecified atom stereocenters. The molecule has 2 N–H and O–H groups in total. The summed E-state index contributed by atoms with van der Waals surface area (Å²) in [6.07, 6.45) is 12.8. The first-order chi connectivity index (χ1) is 8.56. The number of nitrogens with two attached hydrogens (primary N) is 1. The molecule has 2 rings (SSSR count). The molecule has 18 heavy (non-hydrogen) atoms. The number of likely N-dealkylation sites (N-methyl/N-ethyl adjacent to an activating group) is 1. The Balaban J connectivity index is 2.16. The van der Waals surface area contributed by atoms with Crippen LogP contribution < -0.4 is 5.73 Å². The Morgan fingerprint density at radius 1 is 1.28 bits per heavy atom. The van der Waals surface area contributed by atoms with E-state index in [1.54, 1.807) is 0 Å². The Morgan fingerprint density at radius 3 is 2.44 bits per heavy atom. The highest BCUT2D eigenvalue weighted by Gasteiger charge is 2.42. The third kappa shape index (κ3) is 2.65. The van der Waals surface area contributed by atoms with E-state index in [0.717, 1.165) is 5.92 Å². The van der Waals surface area contributed by atoms with Crippen LogP contribution in [0.25, 0.3) is 0 Å². The minimum absolute atomic E-state index is 0.218. The zero-order chi connectivity index (χ0) is 13.2. The topological polar surface area (TPSA) is 29.3 Å². The van der Waals surface area contributed by atoms with Crippen LogP contribution in [0.4, 0.5) is 0 Å². The SMILES string of the molecule is CC1CCC(C(N)C2=CCCCC2)(N(C)C)CC1. The van der Waals surface area contributed by atoms with Gasteiger partial charge in [-0.15, -0.1) is 0 Å². The number of hydrogen-bond donors (Lipinski definition) is 1. The van der Waals surface area contributed by atoms with Crippen LogP contribution in [0.3, 0.4) is 0 Å². The van der Waals surface area contributed by atoms with Crippen LogP contribution in [0.15, 0.2) is 11.6 Å². The summed E-state index contributed by atoms with van der Waals surface area (Å²) in [5, 5.41) is 0. The maximum absolute atomic E-state index is 6.69. The predicted octanol–water partition coefficient (Wildman–Crippen LogP) is 3.32. The third-order valence-electron chi connectivity index (χ3n) is 5.34. The molecule has 0 aromatic heterocycles. The van der Waals surface area contributed by atoms with Crippen LogP contribution in [-0.4, -0.2) is 30.6 Å². The van der Waals surface area contributed by atoms with Crippen molar-refractivity contribution in [2.45, 2.75) is 69.9 Å². The van der Waals surface area contributed by atoms with Crippen LogP contribution in [0, 0.1) is 5.92 Å². The van der Waals surface area contributed by atoms with Gasteiger partial charge in [0.1, 0.15) is 0 Å². The first-order valence-electron chi connectivity index (χ1n) is 7.68. The van der Waals surface area contributed by atoms with Gasteiger partial charge in [0.25, 0.3) is 0 Å². The van der Waals surface area contributed by atoms with Crippen molar-refractivity contribution in [2.75, 3.05) is 14.1 Å². The van der Waals surface area contributed by atoms with Crippen LogP contribution in [0.1, 0.15) is 58.3 Å². The van der Waals surface area contributed by atoms with Crippen LogP contribution >= 0.6 is 0 Å². The van der Waals surface area contributed by atoms with E-state index < -0.39 is 0 Å². The van der Waals surface area contributed by atoms with Crippen molar-refractivity contribution in [1.82, 2.24) is 4.90 Å². The van der Waals surface area contributed by atoms with Gasteiger partial charge in [-0.1, -0.05) is 18.6 Å². The van der Waals surface area contributed by atoms with Crippen molar-refractivity contribution in [3.05, 3.63) is 11.6 Å². The molecule has 0 aromatic carbocycles. The van der Waals surface area contributed by atoms with Gasteiger partial charge in [0.2, 0.25) is 0 Å². The number of allylic oxidation sites excluding steroid dienone is 1. The standard InChI is InChI=1S/C16H30N2/c1-13-9-11-16(12-10-13,18(2)3)15(17)14-7-5-4-6-8-14/h7,13,15H,4-6,8-12,17H2,1-3H3. The van der Waals surface area contributed by atoms with E-state index >= 15 is 0 Å². The fourth-order valence-corrected chi connectivity index (χ4v) is 3.79. The molecule has 2 aliphatic rings. The van der Waals surface area contributed by atoms with Gasteiger partial charge < -0.3 is 10.6 Å². The summed E-state index contributed by atoms with van der Waals surface area (Å²) < 4.78 is 0. The quantitative estimate of drug-likeness (QED) is 0.779. The lowest BCUT2D eigenvalue weighted by molar-refractivity contribution is 0.0659. The molecular formula is C16H30N2. The summed E-state index contributed by atoms with van der Waals surface area (Å²) >= 11 is 0. The van der Waals surface area contributed by atoms with E-state index in [1.807, 2.05) is 0 Å². The van der Waals surface area contributed by atoms with Crippen LogP contribution in [0.2, 0.25) is 0 Å². The molecule has 1 atom stereocenters. The molecule has 2 nitrogen and oxygen atoms in total. The Labute approximate surface area is 113 Å². The fourth-order valence-electron chi connectivity index (χ4n) is 3.79. The highest BCUT2D eigenvalue weighted by molar-refractivity contribution is 5.21. The normalized spacial score (nSPS) is 35.4. The average Bonchev–Trinajstić information content (AvgIpc) is 2.40. The number of hydrogen-bond acceptors (Lipinski definition) is 2. The average molecular weight is 250 g/mol. The summed E-state index contributed by atoms with van der Waals surface area (Å²) in [5.41, 5.74) is 8.44. The lowest BCUT2D eigenvalue weighted by Gasteiger charge is -2.49. The summed E-state index contributed by atoms with van der Waals surface area (Å²) in [5.74, 6) is 0.880. The minimum atomic E-state index is 0.218. The van der Waals surface area contributed by atoms with E-state index in [0.29, 0.717) is 0 Å². The molecule has 2 heteroatoms. The second-order valence-electron chi connectivity index (χ2n) is 6.68. The predicted molar refractivity (Wildman–Crippen MR) is 78.6 cm³/mol. The van der Waals surface area contributed by atoms with Gasteiger partial charge in [-0.25, -0.2) is 0 Å². The Hall–Kier alpha value is -0.340. The molecule has 0 aliphatic heterocycles. The summed E-state index contributed by atoms with van der Waals surface area (Å²) in [6, 6.07) is 0.250. The molecule has 2 aliphatic carbocycles. The van der Waals surface area contributed by atoms with Gasteiger partial charge >= 0.3 is 0 Å². The molecule has 0 heterocycles. The van der Waals surface area contributed by atoms with Crippen LogP contribution in [0.5, 0.6) is 0 Å². The fraction of sp³-hybridized carbons (Fsp3) is 0.875. The van der Waals surface area contributed by atoms with Crippen molar-refractivity contribution in [2.24, 2.45) is 11.7 Å². The van der Waals surface area contributed by atoms with Crippen molar-refractivity contribution in [3.8, 4) is 0 Å². The zero-order valence-corrected chi connectivity index (χ0v) is 12.4. The number of nitrogens with zero attached hydrogens (tertiary/aromatic N) is 1. The van der Waals surface area contributed by atoms with Gasteiger partial charge in [0.15, 0.2) is 0 Å². The van der Waals surface area contributed by atoms with Crippen molar-refractivity contribution in [3.63, 3.8) is 0 Å². The first kappa shape index (κ1) is 14.1. The van der Waals surface area contributed by atoms with E-state index in [1.165, 1.54) is 56.9 Å². The summed E-state index contributed by atoms with van der Waals surface area (Å²) in [7, 11) is 4.44. The second-order valence-corrected chi connectivity index (χ2v) is 6.68. The largest absolute Gasteiger partial charge is 0.323 e. The first-order valence-corrected chi connectivity index (χ1v) is 7.68. The lowest BCUT2D eigenvalue weighted by Crippen LogP contribution is -2.59. The molecule has 0 bridgehead atoms. The van der Waals surface area contributed by atoms with Crippen molar-refractivity contribution < 1.29 is 0 Å². The second kappa shape index (κ2) is 5.75. The molecule has 0 aromatic rings. The van der Waals surface area contributed by atoms with E-state index in [-0.39, 0.29) is 11.6 Å². The molecule has 0 amide bonds. The third-order valence-corrected chi connectivity index (χ3v) is 5.34. The molecule has 0 radical (unpaired) electrons. The Kier molecular flexibility index (Phi) is 4.50. The van der Waals surface area contributed by atoms with Crippen LogP contribution in [-0.2, 0) is 0 Å². The molecule has 0 saturated heterocycles. The highest BCUT2D eigenvalue weighted by Crippen LogP contribution is 2.40. The molecule has 0 spiro atoms.